The molecule has 0 saturated carbocycles. The van der Waals surface area contributed by atoms with Gasteiger partial charge in [0, 0.05) is 32.7 Å². The van der Waals surface area contributed by atoms with Crippen molar-refractivity contribution < 1.29 is 52.8 Å². The molecule has 0 spiro atoms. The van der Waals surface area contributed by atoms with E-state index in [1.807, 2.05) is 60.7 Å². The van der Waals surface area contributed by atoms with Crippen molar-refractivity contribution in [2.75, 3.05) is 53.0 Å². The molecular weight excluding hydrogens is 676 g/mol. The average Bonchev–Trinajstić information content (AvgIpc) is 3.11. The molecule has 0 radical (unpaired) electrons. The lowest BCUT2D eigenvalue weighted by atomic mass is 10.1. The van der Waals surface area contributed by atoms with Gasteiger partial charge in [0.15, 0.2) is 6.04 Å². The zero-order valence-electron chi connectivity index (χ0n) is 31.1. The van der Waals surface area contributed by atoms with Crippen molar-refractivity contribution in [2.45, 2.75) is 78.0 Å². The molecule has 4 amide bonds. The molecule has 2 heterocycles. The van der Waals surface area contributed by atoms with Crippen LogP contribution < -0.4 is 0 Å². The van der Waals surface area contributed by atoms with Gasteiger partial charge in [0.1, 0.15) is 24.4 Å². The van der Waals surface area contributed by atoms with Gasteiger partial charge in [0.25, 0.3) is 0 Å². The molecule has 15 nitrogen and oxygen atoms in total. The Morgan fingerprint density at radius 3 is 1.48 bits per heavy atom. The summed E-state index contributed by atoms with van der Waals surface area (Å²) in [6.07, 6.45) is -2.10. The van der Waals surface area contributed by atoms with Gasteiger partial charge in [-0.05, 0) is 52.7 Å². The van der Waals surface area contributed by atoms with Crippen molar-refractivity contribution in [1.82, 2.24) is 19.6 Å². The number of hydrogen-bond acceptors (Lipinski definition) is 11. The Kier molecular flexibility index (Phi) is 15.1. The number of ether oxygens (including phenoxy) is 5. The molecule has 4 rings (SSSR count). The van der Waals surface area contributed by atoms with Gasteiger partial charge in [-0.3, -0.25) is 9.80 Å². The first-order valence-electron chi connectivity index (χ1n) is 17.1. The molecule has 52 heavy (non-hydrogen) atoms. The fourth-order valence-electron chi connectivity index (χ4n) is 5.19. The molecule has 286 valence electrons. The summed E-state index contributed by atoms with van der Waals surface area (Å²) in [6.45, 7) is 11.9. The third-order valence-electron chi connectivity index (χ3n) is 7.73. The number of hydrogen-bond donors (Lipinski definition) is 1. The number of piperazine rings is 2. The Morgan fingerprint density at radius 1 is 0.635 bits per heavy atom. The number of methoxy groups -OCH3 is 1. The average molecular weight is 729 g/mol. The van der Waals surface area contributed by atoms with Gasteiger partial charge in [-0.1, -0.05) is 60.7 Å². The van der Waals surface area contributed by atoms with Crippen LogP contribution in [0.25, 0.3) is 0 Å². The Hall–Kier alpha value is -5.05. The fraction of sp³-hybridized carbons (Fsp3) is 0.541. The van der Waals surface area contributed by atoms with E-state index in [-0.39, 0.29) is 46.0 Å². The molecule has 2 atom stereocenters. The summed E-state index contributed by atoms with van der Waals surface area (Å²) in [5.74, 6) is -0.610. The van der Waals surface area contributed by atoms with Gasteiger partial charge >= 0.3 is 30.3 Å². The summed E-state index contributed by atoms with van der Waals surface area (Å²) < 4.78 is 26.1. The van der Waals surface area contributed by atoms with Gasteiger partial charge in [-0.25, -0.2) is 24.0 Å². The minimum Gasteiger partial charge on any atom is -0.467 e. The molecule has 2 unspecified atom stereocenters. The minimum atomic E-state index is -0.942. The van der Waals surface area contributed by atoms with Crippen LogP contribution in [-0.4, -0.2) is 131 Å². The molecule has 0 aromatic heterocycles. The van der Waals surface area contributed by atoms with Crippen LogP contribution >= 0.6 is 0 Å². The highest BCUT2D eigenvalue weighted by molar-refractivity contribution is 5.83. The zero-order valence-corrected chi connectivity index (χ0v) is 31.1. The molecule has 1 N–H and O–H groups in total. The smallest absolute Gasteiger partial charge is 0.411 e. The van der Waals surface area contributed by atoms with E-state index in [2.05, 4.69) is 0 Å². The van der Waals surface area contributed by atoms with Gasteiger partial charge in [0.2, 0.25) is 0 Å². The molecule has 2 aromatic carbocycles. The number of rotatable bonds is 6. The highest BCUT2D eigenvalue weighted by Gasteiger charge is 2.40. The fourth-order valence-corrected chi connectivity index (χ4v) is 5.19. The normalized spacial score (nSPS) is 17.6. The topological polar surface area (TPSA) is 165 Å². The summed E-state index contributed by atoms with van der Waals surface area (Å²) in [5, 5.41) is 9.59. The number of esters is 1. The first-order valence-corrected chi connectivity index (χ1v) is 17.1. The molecule has 2 fully saturated rings. The molecule has 0 bridgehead atoms. The molecular formula is C37H52N4O11. The van der Waals surface area contributed by atoms with E-state index in [9.17, 15) is 29.1 Å². The highest BCUT2D eigenvalue weighted by Crippen LogP contribution is 2.19. The predicted molar refractivity (Wildman–Crippen MR) is 189 cm³/mol. The second-order valence-corrected chi connectivity index (χ2v) is 14.2. The Labute approximate surface area is 305 Å². The number of nitrogens with zero attached hydrogens (tertiary/aromatic N) is 4. The van der Waals surface area contributed by atoms with E-state index in [1.54, 1.807) is 41.5 Å². The van der Waals surface area contributed by atoms with Crippen molar-refractivity contribution in [3.8, 4) is 0 Å². The summed E-state index contributed by atoms with van der Waals surface area (Å²) in [5.41, 5.74) is 0.469. The van der Waals surface area contributed by atoms with Crippen LogP contribution in [0.15, 0.2) is 60.7 Å². The molecule has 15 heteroatoms. The predicted octanol–water partition coefficient (Wildman–Crippen LogP) is 4.65. The number of carbonyl (C=O) groups excluding carboxylic acids is 5. The van der Waals surface area contributed by atoms with Gasteiger partial charge in [-0.15, -0.1) is 0 Å². The van der Waals surface area contributed by atoms with Crippen LogP contribution in [0.4, 0.5) is 19.2 Å². The Bertz CT molecular complexity index is 1480. The first kappa shape index (κ1) is 41.4. The van der Waals surface area contributed by atoms with E-state index < -0.39 is 53.6 Å². The number of carbonyl (C=O) groups is 5. The van der Waals surface area contributed by atoms with Crippen LogP contribution in [0.1, 0.15) is 52.7 Å². The lowest BCUT2D eigenvalue weighted by Crippen LogP contribution is -2.60. The van der Waals surface area contributed by atoms with E-state index >= 15 is 0 Å². The van der Waals surface area contributed by atoms with E-state index in [0.29, 0.717) is 13.1 Å². The third-order valence-corrected chi connectivity index (χ3v) is 7.73. The van der Waals surface area contributed by atoms with Crippen LogP contribution in [-0.2, 0) is 41.7 Å². The SMILES string of the molecule is CC(C)(C)OC(=O)N1CCN(C(=O)OCc2ccccc2)CC1CO.COC(=O)C1CN(C(=O)OCc2ccccc2)CCN1C(=O)OC(C)(C)C. The summed E-state index contributed by atoms with van der Waals surface area (Å²) >= 11 is 0. The monoisotopic (exact) mass is 728 g/mol. The van der Waals surface area contributed by atoms with Crippen LogP contribution in [0.2, 0.25) is 0 Å². The number of aliphatic hydroxyl groups excluding tert-OH is 1. The van der Waals surface area contributed by atoms with Gasteiger partial charge < -0.3 is 38.6 Å². The standard InChI is InChI=1S/C19H26N2O6.C18H26N2O5/c1-19(2,3)27-18(24)21-11-10-20(12-15(21)16(22)25-4)17(23)26-13-14-8-6-5-7-9-14;1-18(2,3)25-17(23)20-10-9-19(11-15(20)12-21)16(22)24-13-14-7-5-4-6-8-14/h5-9,15H,10-13H2,1-4H3;4-8,15,21H,9-13H2,1-3H3. The largest absolute Gasteiger partial charge is 0.467 e. The van der Waals surface area contributed by atoms with Crippen molar-refractivity contribution in [2.24, 2.45) is 0 Å². The second kappa shape index (κ2) is 19.0. The summed E-state index contributed by atoms with van der Waals surface area (Å²) in [7, 11) is 1.24. The van der Waals surface area contributed by atoms with Crippen LogP contribution in [0, 0.1) is 0 Å². The maximum Gasteiger partial charge on any atom is 0.411 e. The number of amides is 4. The van der Waals surface area contributed by atoms with E-state index in [0.717, 1.165) is 11.1 Å². The summed E-state index contributed by atoms with van der Waals surface area (Å²) in [4.78, 5) is 67.0. The molecule has 2 aliphatic heterocycles. The molecule has 0 aliphatic carbocycles. The second-order valence-electron chi connectivity index (χ2n) is 14.2. The quantitative estimate of drug-likeness (QED) is 0.325. The van der Waals surface area contributed by atoms with Crippen molar-refractivity contribution in [3.63, 3.8) is 0 Å². The first-order chi connectivity index (χ1) is 24.5. The lowest BCUT2D eigenvalue weighted by Gasteiger charge is -2.40. The van der Waals surface area contributed by atoms with E-state index in [1.165, 1.54) is 26.7 Å². The Balaban J connectivity index is 0.000000281. The van der Waals surface area contributed by atoms with Crippen molar-refractivity contribution >= 4 is 30.3 Å². The van der Waals surface area contributed by atoms with E-state index in [4.69, 9.17) is 23.7 Å². The maximum atomic E-state index is 12.4. The van der Waals surface area contributed by atoms with Crippen molar-refractivity contribution in [3.05, 3.63) is 71.8 Å². The molecule has 2 saturated heterocycles. The lowest BCUT2D eigenvalue weighted by molar-refractivity contribution is -0.148. The zero-order chi connectivity index (χ0) is 38.5. The number of aliphatic hydroxyl groups is 1. The molecule has 2 aromatic rings. The minimum absolute atomic E-state index is 0.0143. The van der Waals surface area contributed by atoms with Crippen LogP contribution in [0.3, 0.4) is 0 Å². The third kappa shape index (κ3) is 13.2. The molecule has 2 aliphatic rings. The Morgan fingerprint density at radius 2 is 1.06 bits per heavy atom. The number of benzene rings is 2. The van der Waals surface area contributed by atoms with Gasteiger partial charge in [-0.2, -0.15) is 0 Å². The maximum absolute atomic E-state index is 12.4. The summed E-state index contributed by atoms with van der Waals surface area (Å²) in [6, 6.07) is 17.3. The van der Waals surface area contributed by atoms with Gasteiger partial charge in [0.05, 0.1) is 26.3 Å². The van der Waals surface area contributed by atoms with Crippen molar-refractivity contribution in [1.29, 1.82) is 0 Å². The van der Waals surface area contributed by atoms with Crippen LogP contribution in [0.5, 0.6) is 0 Å². The highest BCUT2D eigenvalue weighted by atomic mass is 16.6.